The molecule has 0 saturated carbocycles. The fourth-order valence-electron chi connectivity index (χ4n) is 2.19. The van der Waals surface area contributed by atoms with Crippen LogP contribution in [0.5, 0.6) is 0 Å². The van der Waals surface area contributed by atoms with Crippen molar-refractivity contribution >= 4 is 10.5 Å². The molecule has 0 aromatic heterocycles. The van der Waals surface area contributed by atoms with E-state index in [2.05, 4.69) is 6.92 Å². The minimum Gasteiger partial charge on any atom is -0.417 e. The van der Waals surface area contributed by atoms with E-state index < -0.39 is 5.97 Å². The summed E-state index contributed by atoms with van der Waals surface area (Å²) >= 11 is 0. The highest BCUT2D eigenvalue weighted by atomic mass is 28.2. The number of methoxy groups -OCH3 is 3. The molecule has 0 bridgehead atoms. The quantitative estimate of drug-likeness (QED) is 0.311. The van der Waals surface area contributed by atoms with Gasteiger partial charge in [-0.1, -0.05) is 45.4 Å². The highest BCUT2D eigenvalue weighted by molar-refractivity contribution is 5.98. The molecule has 0 spiro atoms. The summed E-state index contributed by atoms with van der Waals surface area (Å²) in [6.07, 6.45) is 8.35. The Kier molecular flexibility index (Phi) is 11.0. The summed E-state index contributed by atoms with van der Waals surface area (Å²) in [4.78, 5) is 0. The number of hydrogen-bond acceptors (Lipinski definition) is 4. The zero-order chi connectivity index (χ0) is 13.9. The fraction of sp³-hybridized carbons (Fsp3) is 1.00. The van der Waals surface area contributed by atoms with Gasteiger partial charge in [0.2, 0.25) is 0 Å². The molecule has 0 radical (unpaired) electrons. The summed E-state index contributed by atoms with van der Waals surface area (Å²) in [5.41, 5.74) is 0. The van der Waals surface area contributed by atoms with Gasteiger partial charge in [-0.25, -0.2) is 0 Å². The van der Waals surface area contributed by atoms with Gasteiger partial charge in [0, 0.05) is 21.3 Å². The molecular formula is C13H30O4Si. The summed E-state index contributed by atoms with van der Waals surface area (Å²) in [6, 6.07) is 0. The van der Waals surface area contributed by atoms with Crippen molar-refractivity contribution in [1.29, 1.82) is 0 Å². The largest absolute Gasteiger partial charge is 0.417 e. The SMILES string of the molecule is CCCCCCCCC(O[SiH3])C(OC)(OC)OC. The fourth-order valence-corrected chi connectivity index (χ4v) is 2.72. The normalized spacial score (nSPS) is 14.0. The first-order chi connectivity index (χ1) is 8.70. The molecule has 0 aliphatic heterocycles. The molecule has 0 N–H and O–H groups in total. The zero-order valence-electron chi connectivity index (χ0n) is 12.7. The van der Waals surface area contributed by atoms with Crippen molar-refractivity contribution in [1.82, 2.24) is 0 Å². The van der Waals surface area contributed by atoms with Crippen LogP contribution in [0.25, 0.3) is 0 Å². The van der Waals surface area contributed by atoms with Crippen LogP contribution < -0.4 is 0 Å². The van der Waals surface area contributed by atoms with Crippen LogP contribution in [-0.2, 0) is 18.6 Å². The monoisotopic (exact) mass is 278 g/mol. The maximum atomic E-state index is 5.58. The molecule has 0 heterocycles. The molecule has 18 heavy (non-hydrogen) atoms. The highest BCUT2D eigenvalue weighted by Crippen LogP contribution is 2.24. The maximum Gasteiger partial charge on any atom is 0.308 e. The molecule has 0 saturated heterocycles. The summed E-state index contributed by atoms with van der Waals surface area (Å²) in [6.45, 7) is 2.23. The van der Waals surface area contributed by atoms with E-state index in [4.69, 9.17) is 18.6 Å². The lowest BCUT2D eigenvalue weighted by molar-refractivity contribution is -0.384. The first-order valence-electron chi connectivity index (χ1n) is 6.89. The minimum absolute atomic E-state index is 0.143. The van der Waals surface area contributed by atoms with Gasteiger partial charge in [0.25, 0.3) is 0 Å². The Morgan fingerprint density at radius 2 is 1.39 bits per heavy atom. The van der Waals surface area contributed by atoms with Gasteiger partial charge < -0.3 is 18.6 Å². The Morgan fingerprint density at radius 3 is 1.83 bits per heavy atom. The van der Waals surface area contributed by atoms with E-state index in [0.717, 1.165) is 12.8 Å². The first-order valence-corrected chi connectivity index (χ1v) is 7.70. The number of unbranched alkanes of at least 4 members (excludes halogenated alkanes) is 5. The van der Waals surface area contributed by atoms with Crippen molar-refractivity contribution in [2.24, 2.45) is 0 Å². The van der Waals surface area contributed by atoms with Crippen LogP contribution in [0.3, 0.4) is 0 Å². The van der Waals surface area contributed by atoms with Crippen molar-refractivity contribution in [3.8, 4) is 0 Å². The molecule has 0 amide bonds. The standard InChI is InChI=1S/C13H30O4Si/c1-5-6-7-8-9-10-11-12(17-18)13(14-2,15-3)16-4/h12H,5-11H2,1-4,18H3. The molecule has 0 aromatic carbocycles. The molecule has 0 aliphatic rings. The van der Waals surface area contributed by atoms with E-state index in [1.807, 2.05) is 0 Å². The molecule has 110 valence electrons. The van der Waals surface area contributed by atoms with E-state index in [9.17, 15) is 0 Å². The first kappa shape index (κ1) is 18.1. The van der Waals surface area contributed by atoms with Crippen LogP contribution in [0.15, 0.2) is 0 Å². The second-order valence-corrected chi connectivity index (χ2v) is 4.97. The predicted octanol–water partition coefficient (Wildman–Crippen LogP) is 2.00. The van der Waals surface area contributed by atoms with Gasteiger partial charge in [0.1, 0.15) is 16.6 Å². The van der Waals surface area contributed by atoms with Crippen molar-refractivity contribution in [2.75, 3.05) is 21.3 Å². The molecule has 0 fully saturated rings. The van der Waals surface area contributed by atoms with Crippen LogP contribution >= 0.6 is 0 Å². The van der Waals surface area contributed by atoms with E-state index in [0.29, 0.717) is 10.5 Å². The van der Waals surface area contributed by atoms with Crippen molar-refractivity contribution < 1.29 is 18.6 Å². The van der Waals surface area contributed by atoms with E-state index in [1.54, 1.807) is 21.3 Å². The number of rotatable bonds is 12. The van der Waals surface area contributed by atoms with Crippen LogP contribution in [0.1, 0.15) is 51.9 Å². The summed E-state index contributed by atoms with van der Waals surface area (Å²) in [5.74, 6) is -1.05. The lowest BCUT2D eigenvalue weighted by Crippen LogP contribution is -2.48. The van der Waals surface area contributed by atoms with Crippen LogP contribution in [0.4, 0.5) is 0 Å². The highest BCUT2D eigenvalue weighted by Gasteiger charge is 2.39. The number of ether oxygens (including phenoxy) is 3. The molecule has 1 unspecified atom stereocenters. The molecule has 0 aromatic rings. The van der Waals surface area contributed by atoms with Crippen molar-refractivity contribution in [3.63, 3.8) is 0 Å². The van der Waals surface area contributed by atoms with Gasteiger partial charge in [-0.3, -0.25) is 0 Å². The predicted molar refractivity (Wildman–Crippen MR) is 76.6 cm³/mol. The topological polar surface area (TPSA) is 36.9 Å². The van der Waals surface area contributed by atoms with E-state index >= 15 is 0 Å². The minimum atomic E-state index is -1.05. The lowest BCUT2D eigenvalue weighted by Gasteiger charge is -2.35. The van der Waals surface area contributed by atoms with Gasteiger partial charge >= 0.3 is 5.97 Å². The lowest BCUT2D eigenvalue weighted by atomic mass is 10.1. The van der Waals surface area contributed by atoms with E-state index in [-0.39, 0.29) is 6.10 Å². The Labute approximate surface area is 115 Å². The molecular weight excluding hydrogens is 248 g/mol. The third-order valence-corrected chi connectivity index (χ3v) is 3.92. The van der Waals surface area contributed by atoms with Crippen LogP contribution in [0.2, 0.25) is 0 Å². The van der Waals surface area contributed by atoms with Crippen LogP contribution in [-0.4, -0.2) is 43.9 Å². The molecule has 0 rings (SSSR count). The Morgan fingerprint density at radius 1 is 0.889 bits per heavy atom. The van der Waals surface area contributed by atoms with Crippen molar-refractivity contribution in [3.05, 3.63) is 0 Å². The summed E-state index contributed by atoms with van der Waals surface area (Å²) < 4.78 is 21.6. The molecule has 0 aliphatic carbocycles. The molecule has 4 nitrogen and oxygen atoms in total. The van der Waals surface area contributed by atoms with Gasteiger partial charge in [-0.05, 0) is 6.42 Å². The molecule has 1 atom stereocenters. The molecule has 5 heteroatoms. The van der Waals surface area contributed by atoms with Gasteiger partial charge in [-0.15, -0.1) is 0 Å². The second-order valence-electron chi connectivity index (χ2n) is 4.50. The third-order valence-electron chi connectivity index (χ3n) is 3.35. The average Bonchev–Trinajstić information content (AvgIpc) is 2.42. The second kappa shape index (κ2) is 10.9. The Bertz CT molecular complexity index is 178. The zero-order valence-corrected chi connectivity index (χ0v) is 14.7. The van der Waals surface area contributed by atoms with Gasteiger partial charge in [0.05, 0.1) is 0 Å². The van der Waals surface area contributed by atoms with E-state index in [1.165, 1.54) is 32.1 Å². The van der Waals surface area contributed by atoms with Gasteiger partial charge in [-0.2, -0.15) is 0 Å². The van der Waals surface area contributed by atoms with Crippen LogP contribution in [0, 0.1) is 0 Å². The smallest absolute Gasteiger partial charge is 0.308 e. The summed E-state index contributed by atoms with van der Waals surface area (Å²) in [5, 5.41) is 0. The van der Waals surface area contributed by atoms with Crippen molar-refractivity contribution in [2.45, 2.75) is 63.9 Å². The number of hydrogen-bond donors (Lipinski definition) is 0. The van der Waals surface area contributed by atoms with Gasteiger partial charge in [0.15, 0.2) is 0 Å². The Balaban J connectivity index is 4.01. The average molecular weight is 278 g/mol. The Hall–Kier alpha value is 0.0569. The summed E-state index contributed by atoms with van der Waals surface area (Å²) in [7, 11) is 5.40. The maximum absolute atomic E-state index is 5.58. The third kappa shape index (κ3) is 5.80.